The molecular formula is C35H46N2O2. The maximum atomic E-state index is 12.9. The molecule has 2 N–H and O–H groups in total. The summed E-state index contributed by atoms with van der Waals surface area (Å²) in [6, 6.07) is 22.4. The van der Waals surface area contributed by atoms with Crippen molar-refractivity contribution in [3.8, 4) is 0 Å². The van der Waals surface area contributed by atoms with E-state index in [9.17, 15) is 4.79 Å². The molecule has 1 saturated heterocycles. The van der Waals surface area contributed by atoms with Crippen LogP contribution < -0.4 is 10.6 Å². The van der Waals surface area contributed by atoms with E-state index < -0.39 is 6.09 Å². The van der Waals surface area contributed by atoms with Crippen LogP contribution in [0.4, 0.5) is 10.5 Å². The number of nitrogens with one attached hydrogen (secondary N) is 2. The van der Waals surface area contributed by atoms with E-state index in [4.69, 9.17) is 4.74 Å². The van der Waals surface area contributed by atoms with Crippen molar-refractivity contribution in [2.45, 2.75) is 97.6 Å². The molecule has 0 aromatic heterocycles. The van der Waals surface area contributed by atoms with Crippen molar-refractivity contribution in [3.05, 3.63) is 99.6 Å². The van der Waals surface area contributed by atoms with E-state index in [-0.39, 0.29) is 28.9 Å². The molecule has 4 nitrogen and oxygen atoms in total. The van der Waals surface area contributed by atoms with Crippen LogP contribution in [-0.2, 0) is 15.6 Å². The third-order valence-corrected chi connectivity index (χ3v) is 7.98. The largest absolute Gasteiger partial charge is 0.445 e. The molecule has 208 valence electrons. The van der Waals surface area contributed by atoms with Crippen molar-refractivity contribution in [1.29, 1.82) is 0 Å². The van der Waals surface area contributed by atoms with Crippen LogP contribution >= 0.6 is 0 Å². The lowest BCUT2D eigenvalue weighted by molar-refractivity contribution is 0.119. The summed E-state index contributed by atoms with van der Waals surface area (Å²) in [4.78, 5) is 12.9. The second-order valence-electron chi connectivity index (χ2n) is 13.4. The van der Waals surface area contributed by atoms with Crippen LogP contribution in [0.2, 0.25) is 0 Å². The van der Waals surface area contributed by atoms with Crippen molar-refractivity contribution in [1.82, 2.24) is 5.32 Å². The Balaban J connectivity index is 1.54. The minimum atomic E-state index is -0.391. The van der Waals surface area contributed by atoms with E-state index >= 15 is 0 Å². The molecule has 39 heavy (non-hydrogen) atoms. The standard InChI is InChI=1S/C35H46N2O2/c1-22-18-23(2)32(24(3)19-22)37-33(38)39-29-20-30(36-21-29)31(25-10-14-27(15-11-25)34(4,5)6)26-12-16-28(17-13-26)35(7,8)9/h10-19,29-31,36H,20-21H2,1-9H3,(H,37,38)/t29-,30-/m1/s1. The summed E-state index contributed by atoms with van der Waals surface area (Å²) < 4.78 is 5.92. The number of carbonyl (C=O) groups excluding carboxylic acids is 1. The molecule has 0 spiro atoms. The fourth-order valence-corrected chi connectivity index (χ4v) is 5.77. The molecule has 1 amide bonds. The first-order valence-corrected chi connectivity index (χ1v) is 14.2. The molecule has 0 saturated carbocycles. The first-order chi connectivity index (χ1) is 18.2. The van der Waals surface area contributed by atoms with Crippen molar-refractivity contribution in [2.24, 2.45) is 0 Å². The fourth-order valence-electron chi connectivity index (χ4n) is 5.77. The monoisotopic (exact) mass is 526 g/mol. The van der Waals surface area contributed by atoms with Gasteiger partial charge in [0, 0.05) is 30.6 Å². The van der Waals surface area contributed by atoms with Gasteiger partial charge in [0.05, 0.1) is 0 Å². The molecule has 0 radical (unpaired) electrons. The van der Waals surface area contributed by atoms with Gasteiger partial charge in [-0.1, -0.05) is 108 Å². The highest BCUT2D eigenvalue weighted by Gasteiger charge is 2.35. The third-order valence-electron chi connectivity index (χ3n) is 7.98. The molecule has 1 aliphatic heterocycles. The van der Waals surface area contributed by atoms with Crippen LogP contribution in [0.5, 0.6) is 0 Å². The van der Waals surface area contributed by atoms with Crippen LogP contribution in [0.15, 0.2) is 60.7 Å². The molecule has 1 fully saturated rings. The second-order valence-corrected chi connectivity index (χ2v) is 13.4. The number of anilines is 1. The molecule has 4 rings (SSSR count). The van der Waals surface area contributed by atoms with Gasteiger partial charge < -0.3 is 10.1 Å². The molecular weight excluding hydrogens is 480 g/mol. The van der Waals surface area contributed by atoms with Gasteiger partial charge in [-0.05, 0) is 65.0 Å². The number of amides is 1. The first-order valence-electron chi connectivity index (χ1n) is 14.2. The Hall–Kier alpha value is -3.11. The molecule has 0 bridgehead atoms. The van der Waals surface area contributed by atoms with Gasteiger partial charge in [-0.25, -0.2) is 4.79 Å². The lowest BCUT2D eigenvalue weighted by atomic mass is 9.80. The summed E-state index contributed by atoms with van der Waals surface area (Å²) in [5.74, 6) is 0.159. The quantitative estimate of drug-likeness (QED) is 0.351. The Labute approximate surface area is 235 Å². The Morgan fingerprint density at radius 3 is 1.72 bits per heavy atom. The minimum absolute atomic E-state index is 0.106. The van der Waals surface area contributed by atoms with Crippen LogP contribution in [0, 0.1) is 20.8 Å². The summed E-state index contributed by atoms with van der Waals surface area (Å²) in [7, 11) is 0. The first kappa shape index (κ1) is 28.9. The van der Waals surface area contributed by atoms with Crippen molar-refractivity contribution in [3.63, 3.8) is 0 Å². The smallest absolute Gasteiger partial charge is 0.411 e. The van der Waals surface area contributed by atoms with E-state index in [0.717, 1.165) is 23.2 Å². The minimum Gasteiger partial charge on any atom is -0.445 e. The average Bonchev–Trinajstić information content (AvgIpc) is 3.29. The van der Waals surface area contributed by atoms with Gasteiger partial charge in [-0.3, -0.25) is 5.32 Å². The number of carbonyl (C=O) groups is 1. The summed E-state index contributed by atoms with van der Waals surface area (Å²) in [5, 5.41) is 6.68. The van der Waals surface area contributed by atoms with Crippen LogP contribution in [-0.4, -0.2) is 24.8 Å². The van der Waals surface area contributed by atoms with Crippen molar-refractivity contribution >= 4 is 11.8 Å². The molecule has 0 unspecified atom stereocenters. The highest BCUT2D eigenvalue weighted by Crippen LogP contribution is 2.35. The van der Waals surface area contributed by atoms with Gasteiger partial charge in [0.1, 0.15) is 6.10 Å². The Morgan fingerprint density at radius 2 is 1.28 bits per heavy atom. The number of hydrogen-bond donors (Lipinski definition) is 2. The summed E-state index contributed by atoms with van der Waals surface area (Å²) in [6.45, 7) is 20.2. The molecule has 3 aromatic rings. The fraction of sp³-hybridized carbons (Fsp3) is 0.457. The number of rotatable bonds is 5. The van der Waals surface area contributed by atoms with E-state index in [1.807, 2.05) is 13.8 Å². The van der Waals surface area contributed by atoms with Gasteiger partial charge in [0.2, 0.25) is 0 Å². The lowest BCUT2D eigenvalue weighted by Gasteiger charge is -2.27. The number of hydrogen-bond acceptors (Lipinski definition) is 3. The molecule has 2 atom stereocenters. The summed E-state index contributed by atoms with van der Waals surface area (Å²) in [6.07, 6.45) is 0.177. The van der Waals surface area contributed by atoms with Gasteiger partial charge in [0.15, 0.2) is 0 Å². The van der Waals surface area contributed by atoms with Gasteiger partial charge in [0.25, 0.3) is 0 Å². The van der Waals surface area contributed by atoms with Gasteiger partial charge in [-0.2, -0.15) is 0 Å². The van der Waals surface area contributed by atoms with E-state index in [2.05, 4.69) is 120 Å². The number of ether oxygens (including phenoxy) is 1. The summed E-state index contributed by atoms with van der Waals surface area (Å²) in [5.41, 5.74) is 9.53. The zero-order valence-electron chi connectivity index (χ0n) is 25.2. The predicted molar refractivity (Wildman–Crippen MR) is 163 cm³/mol. The molecule has 4 heteroatoms. The highest BCUT2D eigenvalue weighted by atomic mass is 16.6. The molecule has 1 aliphatic rings. The Bertz CT molecular complexity index is 1210. The van der Waals surface area contributed by atoms with Gasteiger partial charge >= 0.3 is 6.09 Å². The highest BCUT2D eigenvalue weighted by molar-refractivity contribution is 5.87. The van der Waals surface area contributed by atoms with Crippen LogP contribution in [0.3, 0.4) is 0 Å². The van der Waals surface area contributed by atoms with E-state index in [1.54, 1.807) is 0 Å². The maximum absolute atomic E-state index is 12.9. The van der Waals surface area contributed by atoms with Crippen molar-refractivity contribution < 1.29 is 9.53 Å². The molecule has 3 aromatic carbocycles. The van der Waals surface area contributed by atoms with Crippen molar-refractivity contribution in [2.75, 3.05) is 11.9 Å². The number of benzene rings is 3. The second kappa shape index (κ2) is 11.2. The topological polar surface area (TPSA) is 50.4 Å². The Morgan fingerprint density at radius 1 is 0.821 bits per heavy atom. The summed E-state index contributed by atoms with van der Waals surface area (Å²) >= 11 is 0. The average molecular weight is 527 g/mol. The molecule has 1 heterocycles. The predicted octanol–water partition coefficient (Wildman–Crippen LogP) is 8.32. The SMILES string of the molecule is Cc1cc(C)c(NC(=O)O[C@H]2CN[C@@H](C(c3ccc(C(C)(C)C)cc3)c3ccc(C(C)(C)C)cc3)C2)c(C)c1. The Kier molecular flexibility index (Phi) is 8.28. The lowest BCUT2D eigenvalue weighted by Crippen LogP contribution is -2.30. The zero-order valence-corrected chi connectivity index (χ0v) is 25.2. The maximum Gasteiger partial charge on any atom is 0.411 e. The third kappa shape index (κ3) is 6.91. The van der Waals surface area contributed by atoms with Gasteiger partial charge in [-0.15, -0.1) is 0 Å². The van der Waals surface area contributed by atoms with Crippen LogP contribution in [0.1, 0.15) is 92.8 Å². The van der Waals surface area contributed by atoms with E-state index in [0.29, 0.717) is 6.54 Å². The molecule has 0 aliphatic carbocycles. The number of aryl methyl sites for hydroxylation is 3. The normalized spacial score (nSPS) is 17.9. The van der Waals surface area contributed by atoms with E-state index in [1.165, 1.54) is 27.8 Å². The van der Waals surface area contributed by atoms with Crippen LogP contribution in [0.25, 0.3) is 0 Å². The zero-order chi connectivity index (χ0) is 28.5.